The summed E-state index contributed by atoms with van der Waals surface area (Å²) in [6.07, 6.45) is 6.72. The largest absolute Gasteiger partial charge is 0.389 e. The van der Waals surface area contributed by atoms with Gasteiger partial charge in [0, 0.05) is 18.0 Å². The highest BCUT2D eigenvalue weighted by molar-refractivity contribution is 7.07. The van der Waals surface area contributed by atoms with Gasteiger partial charge in [0.1, 0.15) is 0 Å². The monoisotopic (exact) mass is 254 g/mol. The summed E-state index contributed by atoms with van der Waals surface area (Å²) in [6.45, 7) is 2.79. The van der Waals surface area contributed by atoms with E-state index in [2.05, 4.69) is 22.6 Å². The van der Waals surface area contributed by atoms with Crippen molar-refractivity contribution in [2.75, 3.05) is 6.54 Å². The number of hydrogen-bond donors (Lipinski definition) is 2. The maximum atomic E-state index is 10.5. The first kappa shape index (κ1) is 13.0. The first-order valence-corrected chi connectivity index (χ1v) is 7.48. The van der Waals surface area contributed by atoms with Crippen LogP contribution in [0.2, 0.25) is 0 Å². The Hall–Kier alpha value is -0.450. The van der Waals surface area contributed by atoms with Gasteiger partial charge < -0.3 is 10.4 Å². The van der Waals surface area contributed by atoms with Gasteiger partial charge in [-0.05, 0) is 19.8 Å². The lowest BCUT2D eigenvalue weighted by Crippen LogP contribution is -2.41. The molecule has 0 aromatic carbocycles. The minimum absolute atomic E-state index is 0.230. The highest BCUT2D eigenvalue weighted by Crippen LogP contribution is 2.27. The zero-order valence-electron chi connectivity index (χ0n) is 10.5. The number of aromatic nitrogens is 1. The van der Waals surface area contributed by atoms with Gasteiger partial charge in [0.25, 0.3) is 0 Å². The fourth-order valence-electron chi connectivity index (χ4n) is 2.45. The first-order chi connectivity index (χ1) is 8.20. The van der Waals surface area contributed by atoms with Crippen molar-refractivity contribution < 1.29 is 5.11 Å². The average molecular weight is 254 g/mol. The second-order valence-corrected chi connectivity index (χ2v) is 5.87. The van der Waals surface area contributed by atoms with E-state index in [0.717, 1.165) is 31.4 Å². The molecule has 1 aliphatic carbocycles. The zero-order chi connectivity index (χ0) is 12.1. The Morgan fingerprint density at radius 3 is 2.71 bits per heavy atom. The molecule has 4 heteroatoms. The van der Waals surface area contributed by atoms with E-state index in [1.54, 1.807) is 11.3 Å². The van der Waals surface area contributed by atoms with Crippen LogP contribution in [-0.4, -0.2) is 22.2 Å². The van der Waals surface area contributed by atoms with Gasteiger partial charge in [-0.25, -0.2) is 4.98 Å². The second kappa shape index (κ2) is 5.94. The summed E-state index contributed by atoms with van der Waals surface area (Å²) < 4.78 is 0. The molecule has 1 aromatic heterocycles. The van der Waals surface area contributed by atoms with Crippen molar-refractivity contribution in [3.05, 3.63) is 16.6 Å². The van der Waals surface area contributed by atoms with Gasteiger partial charge in [0.05, 0.1) is 16.8 Å². The van der Waals surface area contributed by atoms with E-state index >= 15 is 0 Å². The number of nitrogens with zero attached hydrogens (tertiary/aromatic N) is 1. The predicted molar refractivity (Wildman–Crippen MR) is 71.2 cm³/mol. The Kier molecular flexibility index (Phi) is 4.54. The van der Waals surface area contributed by atoms with E-state index in [0.29, 0.717) is 6.54 Å². The van der Waals surface area contributed by atoms with Crippen molar-refractivity contribution in [1.82, 2.24) is 10.3 Å². The Bertz CT molecular complexity index is 318. The number of nitrogens with one attached hydrogen (secondary N) is 1. The van der Waals surface area contributed by atoms with Crippen molar-refractivity contribution >= 4 is 11.3 Å². The Balaban J connectivity index is 1.84. The van der Waals surface area contributed by atoms with E-state index < -0.39 is 5.60 Å². The van der Waals surface area contributed by atoms with Crippen molar-refractivity contribution in [3.63, 3.8) is 0 Å². The standard InChI is InChI=1S/C13H22N2OS/c1-11(12-8-17-10-15-12)14-9-13(16)6-4-2-3-5-7-13/h8,10-11,14,16H,2-7,9H2,1H3. The lowest BCUT2D eigenvalue weighted by molar-refractivity contribution is 0.0230. The van der Waals surface area contributed by atoms with E-state index in [4.69, 9.17) is 0 Å². The third-order valence-corrected chi connectivity index (χ3v) is 4.27. The number of hydrogen-bond acceptors (Lipinski definition) is 4. The van der Waals surface area contributed by atoms with Crippen LogP contribution < -0.4 is 5.32 Å². The van der Waals surface area contributed by atoms with Gasteiger partial charge in [-0.2, -0.15) is 0 Å². The van der Waals surface area contributed by atoms with Crippen LogP contribution >= 0.6 is 11.3 Å². The fourth-order valence-corrected chi connectivity index (χ4v) is 3.09. The van der Waals surface area contributed by atoms with Crippen LogP contribution in [0.3, 0.4) is 0 Å². The Morgan fingerprint density at radius 2 is 2.12 bits per heavy atom. The summed E-state index contributed by atoms with van der Waals surface area (Å²) in [5.74, 6) is 0. The molecule has 1 aliphatic rings. The molecule has 0 amide bonds. The first-order valence-electron chi connectivity index (χ1n) is 6.53. The van der Waals surface area contributed by atoms with Crippen molar-refractivity contribution in [1.29, 1.82) is 0 Å². The SMILES string of the molecule is CC(NCC1(O)CCCCCC1)c1cscn1. The summed E-state index contributed by atoms with van der Waals surface area (Å²) >= 11 is 1.62. The quantitative estimate of drug-likeness (QED) is 0.812. The summed E-state index contributed by atoms with van der Waals surface area (Å²) in [5, 5.41) is 16.0. The molecule has 96 valence electrons. The molecule has 1 saturated carbocycles. The average Bonchev–Trinajstić information content (AvgIpc) is 2.77. The van der Waals surface area contributed by atoms with Crippen LogP contribution in [0.1, 0.15) is 57.2 Å². The summed E-state index contributed by atoms with van der Waals surface area (Å²) in [4.78, 5) is 4.30. The van der Waals surface area contributed by atoms with Gasteiger partial charge in [-0.1, -0.05) is 25.7 Å². The van der Waals surface area contributed by atoms with Gasteiger partial charge >= 0.3 is 0 Å². The van der Waals surface area contributed by atoms with E-state index in [1.165, 1.54) is 12.8 Å². The third kappa shape index (κ3) is 3.76. The molecule has 17 heavy (non-hydrogen) atoms. The fraction of sp³-hybridized carbons (Fsp3) is 0.769. The molecular formula is C13H22N2OS. The van der Waals surface area contributed by atoms with Gasteiger partial charge in [-0.15, -0.1) is 11.3 Å². The highest BCUT2D eigenvalue weighted by Gasteiger charge is 2.28. The Morgan fingerprint density at radius 1 is 1.41 bits per heavy atom. The molecule has 0 bridgehead atoms. The molecule has 1 fully saturated rings. The molecule has 1 unspecified atom stereocenters. The maximum Gasteiger partial charge on any atom is 0.0795 e. The molecular weight excluding hydrogens is 232 g/mol. The minimum atomic E-state index is -0.499. The number of aliphatic hydroxyl groups is 1. The molecule has 1 atom stereocenters. The van der Waals surface area contributed by atoms with Crippen LogP contribution in [0.15, 0.2) is 10.9 Å². The molecule has 0 aliphatic heterocycles. The van der Waals surface area contributed by atoms with Crippen LogP contribution in [0.4, 0.5) is 0 Å². The van der Waals surface area contributed by atoms with Crippen LogP contribution in [0, 0.1) is 0 Å². The molecule has 2 N–H and O–H groups in total. The molecule has 2 rings (SSSR count). The summed E-state index contributed by atoms with van der Waals surface area (Å²) in [6, 6.07) is 0.230. The van der Waals surface area contributed by atoms with E-state index in [-0.39, 0.29) is 6.04 Å². The zero-order valence-corrected chi connectivity index (χ0v) is 11.3. The van der Waals surface area contributed by atoms with Crippen LogP contribution in [0.5, 0.6) is 0 Å². The van der Waals surface area contributed by atoms with Crippen LogP contribution in [0.25, 0.3) is 0 Å². The molecule has 0 saturated heterocycles. The third-order valence-electron chi connectivity index (χ3n) is 3.67. The van der Waals surface area contributed by atoms with Gasteiger partial charge in [0.15, 0.2) is 0 Å². The lowest BCUT2D eigenvalue weighted by Gasteiger charge is -2.28. The van der Waals surface area contributed by atoms with Gasteiger partial charge in [0.2, 0.25) is 0 Å². The van der Waals surface area contributed by atoms with Crippen molar-refractivity contribution in [2.45, 2.75) is 57.1 Å². The predicted octanol–water partition coefficient (Wildman–Crippen LogP) is 2.88. The summed E-state index contributed by atoms with van der Waals surface area (Å²) in [7, 11) is 0. The van der Waals surface area contributed by atoms with E-state index in [1.807, 2.05) is 5.51 Å². The second-order valence-electron chi connectivity index (χ2n) is 5.15. The maximum absolute atomic E-state index is 10.5. The minimum Gasteiger partial charge on any atom is -0.389 e. The smallest absolute Gasteiger partial charge is 0.0795 e. The normalized spacial score (nSPS) is 22.0. The topological polar surface area (TPSA) is 45.1 Å². The molecule has 1 aromatic rings. The molecule has 0 spiro atoms. The van der Waals surface area contributed by atoms with Crippen LogP contribution in [-0.2, 0) is 0 Å². The van der Waals surface area contributed by atoms with E-state index in [9.17, 15) is 5.11 Å². The van der Waals surface area contributed by atoms with Crippen molar-refractivity contribution in [2.24, 2.45) is 0 Å². The number of thiazole rings is 1. The lowest BCUT2D eigenvalue weighted by atomic mass is 9.94. The van der Waals surface area contributed by atoms with Gasteiger partial charge in [-0.3, -0.25) is 0 Å². The highest BCUT2D eigenvalue weighted by atomic mass is 32.1. The van der Waals surface area contributed by atoms with Crippen molar-refractivity contribution in [3.8, 4) is 0 Å². The molecule has 3 nitrogen and oxygen atoms in total. The molecule has 1 heterocycles. The molecule has 0 radical (unpaired) electrons. The summed E-state index contributed by atoms with van der Waals surface area (Å²) in [5.41, 5.74) is 2.43. The Labute approximate surface area is 107 Å². The number of rotatable bonds is 4.